The fourth-order valence-electron chi connectivity index (χ4n) is 0.117. The molecule has 0 fully saturated rings. The fraction of sp³-hybridized carbons (Fsp3) is 0.375. The maximum atomic E-state index is 9.75. The molecule has 15 heavy (non-hydrogen) atoms. The van der Waals surface area contributed by atoms with Gasteiger partial charge in [-0.25, -0.2) is 0 Å². The van der Waals surface area contributed by atoms with Crippen molar-refractivity contribution in [2.75, 3.05) is 7.11 Å². The molecular weight excluding hydrogens is 208 g/mol. The van der Waals surface area contributed by atoms with Crippen LogP contribution in [0.15, 0.2) is 12.8 Å². The summed E-state index contributed by atoms with van der Waals surface area (Å²) >= 11 is 0. The average molecular weight is 224 g/mol. The molecule has 0 rings (SSSR count). The molecule has 0 saturated carbocycles. The number of ether oxygens (including phenoxy) is 1. The van der Waals surface area contributed by atoms with Crippen molar-refractivity contribution in [1.82, 2.24) is 0 Å². The summed E-state index contributed by atoms with van der Waals surface area (Å²) in [7, 11) is 1.00. The maximum Gasteiger partial charge on any atom is 0.307 e. The normalized spacial score (nSPS) is 5.60. The van der Waals surface area contributed by atoms with Gasteiger partial charge in [-0.2, -0.15) is 0 Å². The van der Waals surface area contributed by atoms with E-state index < -0.39 is 5.97 Å². The number of carboxylic acids is 1. The van der Waals surface area contributed by atoms with Crippen molar-refractivity contribution >= 4 is 18.4 Å². The van der Waals surface area contributed by atoms with Crippen molar-refractivity contribution < 1.29 is 34.4 Å². The molecule has 0 radical (unpaired) electrons. The van der Waals surface area contributed by atoms with Crippen LogP contribution in [0.2, 0.25) is 0 Å². The van der Waals surface area contributed by atoms with E-state index >= 15 is 0 Å². The highest BCUT2D eigenvalue weighted by Gasteiger charge is 1.79. The van der Waals surface area contributed by atoms with Gasteiger partial charge < -0.3 is 20.1 Å². The van der Waals surface area contributed by atoms with E-state index in [2.05, 4.69) is 11.3 Å². The number of carbonyl (C=O) groups is 3. The summed E-state index contributed by atoms with van der Waals surface area (Å²) in [6, 6.07) is 0. The number of esters is 1. The summed E-state index contributed by atoms with van der Waals surface area (Å²) in [5.41, 5.74) is 0. The van der Waals surface area contributed by atoms with Gasteiger partial charge in [-0.3, -0.25) is 14.4 Å². The Morgan fingerprint density at radius 2 is 1.47 bits per heavy atom. The summed E-state index contributed by atoms with van der Waals surface area (Å²) in [6.45, 7) is 5.31. The molecule has 0 unspecified atom stereocenters. The molecule has 0 aromatic carbocycles. The van der Waals surface area contributed by atoms with Gasteiger partial charge in [0.05, 0.1) is 6.26 Å². The highest BCUT2D eigenvalue weighted by atomic mass is 16.5. The quantitative estimate of drug-likeness (QED) is 0.328. The third-order valence-corrected chi connectivity index (χ3v) is 0.249. The molecule has 0 spiro atoms. The Labute approximate surface area is 87.6 Å². The van der Waals surface area contributed by atoms with Crippen LogP contribution in [0, 0.1) is 0 Å². The molecule has 0 bridgehead atoms. The third kappa shape index (κ3) is 1000. The molecule has 0 aromatic heterocycles. The number of carbonyl (C=O) groups excluding carboxylic acids is 1. The molecule has 0 saturated heterocycles. The second kappa shape index (κ2) is 29.6. The lowest BCUT2D eigenvalue weighted by Crippen LogP contribution is -1.87. The highest BCUT2D eigenvalue weighted by Crippen LogP contribution is 1.70. The van der Waals surface area contributed by atoms with Gasteiger partial charge in [-0.1, -0.05) is 6.58 Å². The zero-order chi connectivity index (χ0) is 13.3. The zero-order valence-electron chi connectivity index (χ0n) is 8.84. The van der Waals surface area contributed by atoms with Gasteiger partial charge in [0.15, 0.2) is 0 Å². The first-order chi connectivity index (χ1) is 6.92. The van der Waals surface area contributed by atoms with E-state index in [0.717, 1.165) is 20.3 Å². The number of hydrogen-bond acceptors (Lipinski definition) is 5. The van der Waals surface area contributed by atoms with Crippen LogP contribution in [0.5, 0.6) is 0 Å². The average Bonchev–Trinajstić information content (AvgIpc) is 2.07. The Morgan fingerprint density at radius 1 is 1.27 bits per heavy atom. The molecule has 0 aliphatic carbocycles. The van der Waals surface area contributed by atoms with Gasteiger partial charge >= 0.3 is 5.97 Å². The summed E-state index contributed by atoms with van der Waals surface area (Å²) in [6.07, 6.45) is 1.10. The standard InChI is InChI=1S/C4H6O2.C2H4O2.CH2O2.CH4O/c1-3-6-4(2)5;1-2(3)4;2-1-3;1-2/h3H,1H2,2H3;1H3,(H,3,4);1H,(H,2,3);2H,1H3. The molecular formula is C8H16O7. The molecule has 3 N–H and O–H groups in total. The fourth-order valence-corrected chi connectivity index (χ4v) is 0.117. The Bertz CT molecular complexity index is 160. The van der Waals surface area contributed by atoms with E-state index in [9.17, 15) is 4.79 Å². The molecule has 0 aromatic rings. The largest absolute Gasteiger partial charge is 0.483 e. The zero-order valence-corrected chi connectivity index (χ0v) is 8.84. The first kappa shape index (κ1) is 23.2. The van der Waals surface area contributed by atoms with E-state index in [1.165, 1.54) is 6.92 Å². The molecule has 0 aliphatic rings. The molecule has 90 valence electrons. The first-order valence-corrected chi connectivity index (χ1v) is 3.42. The van der Waals surface area contributed by atoms with Crippen LogP contribution in [-0.4, -0.2) is 40.8 Å². The van der Waals surface area contributed by atoms with Gasteiger partial charge in [0.2, 0.25) is 0 Å². The van der Waals surface area contributed by atoms with E-state index in [1.54, 1.807) is 0 Å². The van der Waals surface area contributed by atoms with Crippen molar-refractivity contribution in [3.05, 3.63) is 12.8 Å². The molecule has 0 heterocycles. The van der Waals surface area contributed by atoms with Crippen LogP contribution >= 0.6 is 0 Å². The number of carboxylic acid groups (broad SMARTS) is 2. The molecule has 0 atom stereocenters. The van der Waals surface area contributed by atoms with E-state index in [1.807, 2.05) is 0 Å². The van der Waals surface area contributed by atoms with E-state index in [-0.39, 0.29) is 12.4 Å². The third-order valence-electron chi connectivity index (χ3n) is 0.249. The van der Waals surface area contributed by atoms with Crippen molar-refractivity contribution in [2.45, 2.75) is 13.8 Å². The maximum absolute atomic E-state index is 9.75. The number of rotatable bonds is 1. The monoisotopic (exact) mass is 224 g/mol. The summed E-state index contributed by atoms with van der Waals surface area (Å²) < 4.78 is 4.17. The van der Waals surface area contributed by atoms with Crippen LogP contribution in [0.25, 0.3) is 0 Å². The second-order valence-electron chi connectivity index (χ2n) is 1.40. The highest BCUT2D eigenvalue weighted by molar-refractivity contribution is 5.66. The van der Waals surface area contributed by atoms with Crippen molar-refractivity contribution in [2.24, 2.45) is 0 Å². The number of aliphatic hydroxyl groups is 1. The number of hydrogen-bond donors (Lipinski definition) is 3. The summed E-state index contributed by atoms with van der Waals surface area (Å²) in [5, 5.41) is 21.3. The first-order valence-electron chi connectivity index (χ1n) is 3.42. The van der Waals surface area contributed by atoms with E-state index in [4.69, 9.17) is 24.9 Å². The SMILES string of the molecule is C=COC(C)=O.CC(=O)O.CO.O=CO. The molecule has 0 aliphatic heterocycles. The van der Waals surface area contributed by atoms with Crippen molar-refractivity contribution in [3.63, 3.8) is 0 Å². The van der Waals surface area contributed by atoms with Crippen LogP contribution in [0.4, 0.5) is 0 Å². The minimum atomic E-state index is -0.833. The van der Waals surface area contributed by atoms with Gasteiger partial charge in [-0.05, 0) is 0 Å². The topological polar surface area (TPSA) is 121 Å². The Balaban J connectivity index is -0.0000000590. The smallest absolute Gasteiger partial charge is 0.307 e. The lowest BCUT2D eigenvalue weighted by atomic mass is 10.8. The van der Waals surface area contributed by atoms with Crippen LogP contribution in [0.1, 0.15) is 13.8 Å². The van der Waals surface area contributed by atoms with E-state index in [0.29, 0.717) is 0 Å². The van der Waals surface area contributed by atoms with Crippen molar-refractivity contribution in [3.8, 4) is 0 Å². The van der Waals surface area contributed by atoms with Crippen LogP contribution < -0.4 is 0 Å². The van der Waals surface area contributed by atoms with Crippen molar-refractivity contribution in [1.29, 1.82) is 0 Å². The number of aliphatic carboxylic acids is 1. The minimum absolute atomic E-state index is 0.250. The van der Waals surface area contributed by atoms with Gasteiger partial charge in [0.1, 0.15) is 0 Å². The lowest BCUT2D eigenvalue weighted by molar-refractivity contribution is -0.136. The van der Waals surface area contributed by atoms with Gasteiger partial charge in [0.25, 0.3) is 12.4 Å². The Kier molecular flexibility index (Phi) is 45.7. The predicted molar refractivity (Wildman–Crippen MR) is 52.1 cm³/mol. The molecule has 0 amide bonds. The molecule has 7 heteroatoms. The van der Waals surface area contributed by atoms with Crippen LogP contribution in [0.3, 0.4) is 0 Å². The van der Waals surface area contributed by atoms with Gasteiger partial charge in [-0.15, -0.1) is 0 Å². The summed E-state index contributed by atoms with van der Waals surface area (Å²) in [4.78, 5) is 27.1. The Hall–Kier alpha value is -1.89. The lowest BCUT2D eigenvalue weighted by Gasteiger charge is -1.83. The minimum Gasteiger partial charge on any atom is -0.483 e. The molecule has 7 nitrogen and oxygen atoms in total. The van der Waals surface area contributed by atoms with Crippen LogP contribution in [-0.2, 0) is 19.1 Å². The predicted octanol–water partition coefficient (Wildman–Crippen LogP) is 0.0932. The second-order valence-corrected chi connectivity index (χ2v) is 1.40. The van der Waals surface area contributed by atoms with Gasteiger partial charge in [0, 0.05) is 21.0 Å². The number of aliphatic hydroxyl groups excluding tert-OH is 1. The Morgan fingerprint density at radius 3 is 1.47 bits per heavy atom. The summed E-state index contributed by atoms with van der Waals surface area (Å²) in [5.74, 6) is -1.16.